The van der Waals surface area contributed by atoms with E-state index in [-0.39, 0.29) is 37.6 Å². The smallest absolute Gasteiger partial charge is 0.303 e. The van der Waals surface area contributed by atoms with Crippen molar-refractivity contribution in [3.8, 4) is 0 Å². The van der Waals surface area contributed by atoms with Crippen LogP contribution in [0.4, 0.5) is 5.69 Å². The number of carbonyl (C=O) groups excluding carboxylic acids is 1. The van der Waals surface area contributed by atoms with Gasteiger partial charge in [0.15, 0.2) is 6.29 Å². The second kappa shape index (κ2) is 15.1. The van der Waals surface area contributed by atoms with E-state index in [0.717, 1.165) is 42.7 Å². The number of hydrogen-bond donors (Lipinski definition) is 3. The molecule has 2 aromatic rings. The van der Waals surface area contributed by atoms with Gasteiger partial charge in [-0.25, -0.2) is 0 Å². The number of ether oxygens (including phenoxy) is 2. The zero-order chi connectivity index (χ0) is 27.5. The predicted molar refractivity (Wildman–Crippen MR) is 149 cm³/mol. The van der Waals surface area contributed by atoms with Crippen LogP contribution in [0.3, 0.4) is 0 Å². The van der Waals surface area contributed by atoms with Gasteiger partial charge in [-0.15, -0.1) is 0 Å². The Morgan fingerprint density at radius 1 is 0.897 bits per heavy atom. The Labute approximate surface area is 231 Å². The molecule has 0 bridgehead atoms. The quantitative estimate of drug-likeness (QED) is 0.321. The summed E-state index contributed by atoms with van der Waals surface area (Å²) in [5.41, 5.74) is 3.43. The second-order valence-corrected chi connectivity index (χ2v) is 10.7. The first-order chi connectivity index (χ1) is 19.0. The molecule has 4 rings (SSSR count). The second-order valence-electron chi connectivity index (χ2n) is 10.7. The number of unbranched alkanes of at least 4 members (excludes halogenated alkanes) is 1. The molecule has 2 aliphatic heterocycles. The highest BCUT2D eigenvalue weighted by molar-refractivity contribution is 5.90. The fraction of sp³-hybridized carbons (Fsp3) is 0.548. The maximum Gasteiger partial charge on any atom is 0.303 e. The van der Waals surface area contributed by atoms with Gasteiger partial charge in [0, 0.05) is 37.1 Å². The maximum absolute atomic E-state index is 12.4. The Balaban J connectivity index is 1.45. The van der Waals surface area contributed by atoms with E-state index < -0.39 is 12.3 Å². The molecule has 0 aromatic heterocycles. The number of aliphatic hydroxyl groups is 1. The van der Waals surface area contributed by atoms with E-state index in [0.29, 0.717) is 18.5 Å². The van der Waals surface area contributed by atoms with Crippen LogP contribution in [0, 0.1) is 0 Å². The van der Waals surface area contributed by atoms with Crippen LogP contribution in [-0.2, 0) is 25.7 Å². The number of carboxylic acid groups (broad SMARTS) is 1. The predicted octanol–water partition coefficient (Wildman–Crippen LogP) is 5.57. The lowest BCUT2D eigenvalue weighted by Crippen LogP contribution is -2.40. The van der Waals surface area contributed by atoms with Crippen molar-refractivity contribution in [3.63, 3.8) is 0 Å². The van der Waals surface area contributed by atoms with Crippen LogP contribution in [0.15, 0.2) is 48.5 Å². The molecule has 2 saturated heterocycles. The van der Waals surface area contributed by atoms with Crippen LogP contribution in [0.5, 0.6) is 0 Å². The Hall–Kier alpha value is -2.78. The van der Waals surface area contributed by atoms with E-state index in [1.807, 2.05) is 48.5 Å². The van der Waals surface area contributed by atoms with Gasteiger partial charge in [-0.05, 0) is 62.0 Å². The van der Waals surface area contributed by atoms with Crippen LogP contribution >= 0.6 is 0 Å². The van der Waals surface area contributed by atoms with Crippen molar-refractivity contribution >= 4 is 17.6 Å². The number of nitrogens with one attached hydrogen (secondary N) is 1. The first-order valence-electron chi connectivity index (χ1n) is 14.3. The Bertz CT molecular complexity index is 1050. The number of amides is 1. The Morgan fingerprint density at radius 3 is 2.33 bits per heavy atom. The van der Waals surface area contributed by atoms with Crippen LogP contribution in [-0.4, -0.2) is 52.7 Å². The normalized spacial score (nSPS) is 22.5. The molecule has 8 heteroatoms. The van der Waals surface area contributed by atoms with E-state index in [1.165, 1.54) is 32.1 Å². The van der Waals surface area contributed by atoms with Crippen LogP contribution in [0.2, 0.25) is 0 Å². The first-order valence-corrected chi connectivity index (χ1v) is 14.3. The largest absolute Gasteiger partial charge is 0.481 e. The van der Waals surface area contributed by atoms with E-state index in [1.54, 1.807) is 0 Å². The molecule has 0 radical (unpaired) electrons. The minimum atomic E-state index is -0.845. The van der Waals surface area contributed by atoms with E-state index in [2.05, 4.69) is 10.2 Å². The molecule has 2 heterocycles. The molecule has 2 aliphatic rings. The highest BCUT2D eigenvalue weighted by Gasteiger charge is 2.33. The van der Waals surface area contributed by atoms with Gasteiger partial charge in [0.1, 0.15) is 0 Å². The molecule has 3 N–H and O–H groups in total. The van der Waals surface area contributed by atoms with Crippen molar-refractivity contribution in [1.29, 1.82) is 0 Å². The zero-order valence-corrected chi connectivity index (χ0v) is 22.7. The molecule has 0 spiro atoms. The standard InChI is InChI=1S/C31H42N2O6/c34-22-23-13-15-24(16-14-23)28-20-27(21-33-17-6-2-1-3-7-18-33)38-31(39-28)25-9-8-10-26(19-25)32-29(35)11-4-5-12-30(36)37/h8-10,13-16,19,27-28,31,34H,1-7,11-12,17-18,20-22H2,(H,32,35)(H,36,37)/t27-,28+,31+/m0/s1. The number of carbonyl (C=O) groups is 2. The van der Waals surface area contributed by atoms with E-state index in [4.69, 9.17) is 14.6 Å². The number of aliphatic carboxylic acids is 1. The van der Waals surface area contributed by atoms with E-state index >= 15 is 0 Å². The van der Waals surface area contributed by atoms with Gasteiger partial charge in [-0.2, -0.15) is 0 Å². The first kappa shape index (κ1) is 29.2. The fourth-order valence-corrected chi connectivity index (χ4v) is 5.36. The molecule has 1 amide bonds. The van der Waals surface area contributed by atoms with Gasteiger partial charge in [-0.1, -0.05) is 55.7 Å². The third kappa shape index (κ3) is 9.42. The van der Waals surface area contributed by atoms with Gasteiger partial charge in [0.2, 0.25) is 5.91 Å². The van der Waals surface area contributed by atoms with Crippen molar-refractivity contribution in [1.82, 2.24) is 4.90 Å². The number of nitrogens with zero attached hydrogens (tertiary/aromatic N) is 1. The number of hydrogen-bond acceptors (Lipinski definition) is 6. The van der Waals surface area contributed by atoms with Gasteiger partial charge in [-0.3, -0.25) is 9.59 Å². The molecule has 3 atom stereocenters. The molecular formula is C31H42N2O6. The number of rotatable bonds is 11. The third-order valence-corrected chi connectivity index (χ3v) is 7.51. The Morgan fingerprint density at radius 2 is 1.62 bits per heavy atom. The summed E-state index contributed by atoms with van der Waals surface area (Å²) >= 11 is 0. The average molecular weight is 539 g/mol. The summed E-state index contributed by atoms with van der Waals surface area (Å²) in [5.74, 6) is -0.984. The lowest BCUT2D eigenvalue weighted by Gasteiger charge is -2.39. The number of likely N-dealkylation sites (tertiary alicyclic amines) is 1. The molecule has 0 aliphatic carbocycles. The van der Waals surface area contributed by atoms with Crippen LogP contribution in [0.25, 0.3) is 0 Å². The summed E-state index contributed by atoms with van der Waals surface area (Å²) in [5, 5.41) is 21.2. The molecule has 2 fully saturated rings. The average Bonchev–Trinajstić information content (AvgIpc) is 2.92. The van der Waals surface area contributed by atoms with Gasteiger partial charge in [0.25, 0.3) is 0 Å². The lowest BCUT2D eigenvalue weighted by atomic mass is 9.99. The van der Waals surface area contributed by atoms with Crippen molar-refractivity contribution < 1.29 is 29.3 Å². The summed E-state index contributed by atoms with van der Waals surface area (Å²) in [4.78, 5) is 25.6. The van der Waals surface area contributed by atoms with Gasteiger partial charge < -0.3 is 29.9 Å². The Kier molecular flexibility index (Phi) is 11.3. The summed E-state index contributed by atoms with van der Waals surface area (Å²) in [6.07, 6.45) is 7.70. The molecular weight excluding hydrogens is 496 g/mol. The zero-order valence-electron chi connectivity index (χ0n) is 22.7. The molecule has 212 valence electrons. The fourth-order valence-electron chi connectivity index (χ4n) is 5.36. The number of anilines is 1. The van der Waals surface area contributed by atoms with Crippen molar-refractivity contribution in [3.05, 3.63) is 65.2 Å². The molecule has 39 heavy (non-hydrogen) atoms. The summed E-state index contributed by atoms with van der Waals surface area (Å²) in [6, 6.07) is 15.5. The third-order valence-electron chi connectivity index (χ3n) is 7.51. The van der Waals surface area contributed by atoms with Gasteiger partial charge >= 0.3 is 5.97 Å². The summed E-state index contributed by atoms with van der Waals surface area (Å²) < 4.78 is 13.0. The lowest BCUT2D eigenvalue weighted by molar-refractivity contribution is -0.253. The highest BCUT2D eigenvalue weighted by Crippen LogP contribution is 2.38. The summed E-state index contributed by atoms with van der Waals surface area (Å²) in [6.45, 7) is 3.05. The van der Waals surface area contributed by atoms with Crippen LogP contribution in [0.1, 0.15) is 93.3 Å². The maximum atomic E-state index is 12.4. The number of benzene rings is 2. The van der Waals surface area contributed by atoms with Crippen molar-refractivity contribution in [2.45, 2.75) is 89.3 Å². The monoisotopic (exact) mass is 538 g/mol. The minimum Gasteiger partial charge on any atom is -0.481 e. The minimum absolute atomic E-state index is 0.00169. The number of aliphatic hydroxyl groups excluding tert-OH is 1. The van der Waals surface area contributed by atoms with Gasteiger partial charge in [0.05, 0.1) is 18.8 Å². The van der Waals surface area contributed by atoms with Crippen LogP contribution < -0.4 is 5.32 Å². The molecule has 0 unspecified atom stereocenters. The highest BCUT2D eigenvalue weighted by atomic mass is 16.7. The topological polar surface area (TPSA) is 108 Å². The van der Waals surface area contributed by atoms with Crippen molar-refractivity contribution in [2.24, 2.45) is 0 Å². The molecule has 8 nitrogen and oxygen atoms in total. The summed E-state index contributed by atoms with van der Waals surface area (Å²) in [7, 11) is 0. The van der Waals surface area contributed by atoms with E-state index in [9.17, 15) is 14.7 Å². The van der Waals surface area contributed by atoms with Crippen molar-refractivity contribution in [2.75, 3.05) is 25.0 Å². The molecule has 2 aromatic carbocycles. The molecule has 0 saturated carbocycles. The number of carboxylic acids is 1. The SMILES string of the molecule is O=C(O)CCCCC(=O)Nc1cccc([C@@H]2O[C@H](CN3CCCCCCC3)C[C@H](c3ccc(CO)cc3)O2)c1.